The molecule has 0 aromatic carbocycles. The van der Waals surface area contributed by atoms with Crippen molar-refractivity contribution >= 4 is 29.5 Å². The molecule has 0 aromatic heterocycles. The van der Waals surface area contributed by atoms with E-state index in [1.807, 2.05) is 35.8 Å². The van der Waals surface area contributed by atoms with Gasteiger partial charge in [-0.15, -0.1) is 11.8 Å². The number of carbonyl (C=O) groups is 3. The SMILES string of the molecule is CCCN1CC=C[C@H]2S[C@]34C=CCN(CCN5CCOCC5)C(=O)C3N([C@@H](CO)C(C)C)C(=O)[C@@H]4[C@H]2C1=O. The predicted octanol–water partition coefficient (Wildman–Crippen LogP) is 0.840. The molecule has 0 bridgehead atoms. The number of morpholine rings is 1. The van der Waals surface area contributed by atoms with E-state index in [4.69, 9.17) is 4.74 Å². The molecule has 10 heteroatoms. The second kappa shape index (κ2) is 11.3. The smallest absolute Gasteiger partial charge is 0.247 e. The van der Waals surface area contributed by atoms with Crippen molar-refractivity contribution in [1.29, 1.82) is 0 Å². The van der Waals surface area contributed by atoms with Gasteiger partial charge in [0.1, 0.15) is 6.04 Å². The fraction of sp³-hybridized carbons (Fsp3) is 0.750. The van der Waals surface area contributed by atoms with Crippen LogP contribution in [0.15, 0.2) is 24.3 Å². The molecule has 5 aliphatic heterocycles. The number of ether oxygens (including phenoxy) is 1. The van der Waals surface area contributed by atoms with Crippen molar-refractivity contribution < 1.29 is 24.2 Å². The Morgan fingerprint density at radius 2 is 1.74 bits per heavy atom. The van der Waals surface area contributed by atoms with Crippen LogP contribution in [0.4, 0.5) is 0 Å². The molecule has 3 saturated heterocycles. The minimum atomic E-state index is -0.839. The maximum absolute atomic E-state index is 14.4. The molecular formula is C28H42N4O5S. The van der Waals surface area contributed by atoms with Crippen LogP contribution in [0.25, 0.3) is 0 Å². The summed E-state index contributed by atoms with van der Waals surface area (Å²) in [4.78, 5) is 50.4. The van der Waals surface area contributed by atoms with Crippen LogP contribution in [0.2, 0.25) is 0 Å². The molecule has 5 rings (SSSR count). The number of aliphatic hydroxyl groups is 1. The maximum Gasteiger partial charge on any atom is 0.247 e. The third kappa shape index (κ3) is 4.61. The lowest BCUT2D eigenvalue weighted by atomic mass is 9.78. The number of aliphatic hydroxyl groups excluding tert-OH is 1. The standard InChI is InChI=1S/C28H42N4O5S/c1-4-9-30-10-5-7-21-22(25(30)34)23-26(35)32(20(18-33)19(2)3)24-27(36)31(11-6-8-28(23,24)38-21)13-12-29-14-16-37-17-15-29/h5-8,19-24,33H,4,9-18H2,1-3H3/t20-,21+,22-,23-,24?,28-/m0/s1. The first-order valence-electron chi connectivity index (χ1n) is 14.2. The van der Waals surface area contributed by atoms with Crippen molar-refractivity contribution in [2.24, 2.45) is 17.8 Å². The minimum Gasteiger partial charge on any atom is -0.394 e. The summed E-state index contributed by atoms with van der Waals surface area (Å²) in [6.07, 6.45) is 9.06. The largest absolute Gasteiger partial charge is 0.394 e. The van der Waals surface area contributed by atoms with Crippen LogP contribution < -0.4 is 0 Å². The minimum absolute atomic E-state index is 0.00420. The summed E-state index contributed by atoms with van der Waals surface area (Å²) in [6, 6.07) is -1.24. The topological polar surface area (TPSA) is 93.6 Å². The normalized spacial score (nSPS) is 34.4. The molecule has 5 heterocycles. The van der Waals surface area contributed by atoms with Gasteiger partial charge in [0, 0.05) is 51.1 Å². The number of likely N-dealkylation sites (tertiary alicyclic amines) is 1. The Morgan fingerprint density at radius 3 is 2.42 bits per heavy atom. The van der Waals surface area contributed by atoms with Gasteiger partial charge in [0.15, 0.2) is 0 Å². The molecule has 1 spiro atoms. The Hall–Kier alpha value is -1.88. The summed E-state index contributed by atoms with van der Waals surface area (Å²) in [5.41, 5.74) is 0. The molecule has 5 aliphatic rings. The van der Waals surface area contributed by atoms with Crippen LogP contribution in [0.5, 0.6) is 0 Å². The van der Waals surface area contributed by atoms with Crippen molar-refractivity contribution in [2.45, 2.75) is 49.3 Å². The number of amides is 3. The second-order valence-corrected chi connectivity index (χ2v) is 12.9. The molecule has 0 saturated carbocycles. The average Bonchev–Trinajstić information content (AvgIpc) is 3.22. The molecule has 3 amide bonds. The summed E-state index contributed by atoms with van der Waals surface area (Å²) in [5.74, 6) is -1.44. The third-order valence-corrected chi connectivity index (χ3v) is 10.6. The highest BCUT2D eigenvalue weighted by Gasteiger charge is 2.71. The zero-order valence-corrected chi connectivity index (χ0v) is 23.6. The zero-order valence-electron chi connectivity index (χ0n) is 22.8. The van der Waals surface area contributed by atoms with E-state index < -0.39 is 28.7 Å². The van der Waals surface area contributed by atoms with Crippen LogP contribution in [0.3, 0.4) is 0 Å². The monoisotopic (exact) mass is 546 g/mol. The molecule has 6 atom stereocenters. The molecule has 9 nitrogen and oxygen atoms in total. The summed E-state index contributed by atoms with van der Waals surface area (Å²) in [7, 11) is 0. The number of rotatable bonds is 8. The van der Waals surface area contributed by atoms with E-state index in [1.54, 1.807) is 16.7 Å². The first-order chi connectivity index (χ1) is 18.3. The number of hydrogen-bond acceptors (Lipinski definition) is 7. The summed E-state index contributed by atoms with van der Waals surface area (Å²) >= 11 is 1.61. The highest BCUT2D eigenvalue weighted by molar-refractivity contribution is 8.02. The van der Waals surface area contributed by atoms with Crippen molar-refractivity contribution in [3.05, 3.63) is 24.3 Å². The Morgan fingerprint density at radius 1 is 1.03 bits per heavy atom. The average molecular weight is 547 g/mol. The van der Waals surface area contributed by atoms with Crippen molar-refractivity contribution in [3.63, 3.8) is 0 Å². The van der Waals surface area contributed by atoms with Gasteiger partial charge >= 0.3 is 0 Å². The lowest BCUT2D eigenvalue weighted by Crippen LogP contribution is -2.58. The summed E-state index contributed by atoms with van der Waals surface area (Å²) in [5, 5.41) is 10.3. The molecule has 0 radical (unpaired) electrons. The van der Waals surface area contributed by atoms with Crippen LogP contribution in [0, 0.1) is 17.8 Å². The summed E-state index contributed by atoms with van der Waals surface area (Å²) in [6.45, 7) is 11.9. The van der Waals surface area contributed by atoms with E-state index in [1.165, 1.54) is 0 Å². The Balaban J connectivity index is 1.52. The second-order valence-electron chi connectivity index (χ2n) is 11.4. The van der Waals surface area contributed by atoms with E-state index in [0.29, 0.717) is 39.4 Å². The predicted molar refractivity (Wildman–Crippen MR) is 146 cm³/mol. The molecule has 0 aromatic rings. The highest BCUT2D eigenvalue weighted by atomic mass is 32.2. The van der Waals surface area contributed by atoms with Crippen LogP contribution in [0.1, 0.15) is 27.2 Å². The number of nitrogens with zero attached hydrogens (tertiary/aromatic N) is 4. The van der Waals surface area contributed by atoms with Crippen molar-refractivity contribution in [2.75, 3.05) is 65.6 Å². The number of hydrogen-bond donors (Lipinski definition) is 1. The van der Waals surface area contributed by atoms with Gasteiger partial charge in [-0.1, -0.05) is 45.1 Å². The Labute approximate surface area is 230 Å². The van der Waals surface area contributed by atoms with E-state index in [2.05, 4.69) is 24.0 Å². The van der Waals surface area contributed by atoms with Gasteiger partial charge in [0.05, 0.1) is 42.4 Å². The van der Waals surface area contributed by atoms with Gasteiger partial charge in [-0.05, 0) is 12.3 Å². The third-order valence-electron chi connectivity index (χ3n) is 8.86. The van der Waals surface area contributed by atoms with E-state index in [9.17, 15) is 19.5 Å². The van der Waals surface area contributed by atoms with Crippen molar-refractivity contribution in [3.8, 4) is 0 Å². The Kier molecular flexibility index (Phi) is 8.24. The molecule has 3 fully saturated rings. The van der Waals surface area contributed by atoms with Gasteiger partial charge in [-0.25, -0.2) is 0 Å². The first-order valence-corrected chi connectivity index (χ1v) is 15.0. The van der Waals surface area contributed by atoms with Gasteiger partial charge in [-0.2, -0.15) is 0 Å². The van der Waals surface area contributed by atoms with Gasteiger partial charge in [0.2, 0.25) is 17.7 Å². The highest BCUT2D eigenvalue weighted by Crippen LogP contribution is 2.61. The van der Waals surface area contributed by atoms with Gasteiger partial charge in [0.25, 0.3) is 0 Å². The fourth-order valence-electron chi connectivity index (χ4n) is 6.91. The molecule has 38 heavy (non-hydrogen) atoms. The number of fused-ring (bicyclic) bond motifs is 2. The van der Waals surface area contributed by atoms with Crippen LogP contribution >= 0.6 is 11.8 Å². The van der Waals surface area contributed by atoms with Crippen LogP contribution in [-0.4, -0.2) is 130 Å². The molecular weight excluding hydrogens is 504 g/mol. The molecule has 1 unspecified atom stereocenters. The number of thioether (sulfide) groups is 1. The number of carbonyl (C=O) groups excluding carboxylic acids is 3. The fourth-order valence-corrected chi connectivity index (χ4v) is 8.91. The first kappa shape index (κ1) is 27.7. The maximum atomic E-state index is 14.4. The Bertz CT molecular complexity index is 982. The molecule has 0 aliphatic carbocycles. The van der Waals surface area contributed by atoms with Gasteiger partial charge < -0.3 is 24.5 Å². The lowest BCUT2D eigenvalue weighted by molar-refractivity contribution is -0.147. The van der Waals surface area contributed by atoms with E-state index in [-0.39, 0.29) is 35.5 Å². The summed E-state index contributed by atoms with van der Waals surface area (Å²) < 4.78 is 4.63. The van der Waals surface area contributed by atoms with E-state index >= 15 is 0 Å². The van der Waals surface area contributed by atoms with Crippen LogP contribution in [-0.2, 0) is 19.1 Å². The van der Waals surface area contributed by atoms with Crippen molar-refractivity contribution in [1.82, 2.24) is 19.6 Å². The zero-order chi connectivity index (χ0) is 27.0. The molecule has 1 N–H and O–H groups in total. The van der Waals surface area contributed by atoms with Gasteiger partial charge in [-0.3, -0.25) is 19.3 Å². The quantitative estimate of drug-likeness (QED) is 0.451. The van der Waals surface area contributed by atoms with E-state index in [0.717, 1.165) is 26.1 Å². The molecule has 210 valence electrons. The lowest BCUT2D eigenvalue weighted by Gasteiger charge is -2.40.